The van der Waals surface area contributed by atoms with E-state index in [-0.39, 0.29) is 18.0 Å². The minimum atomic E-state index is -0.297. The van der Waals surface area contributed by atoms with Crippen molar-refractivity contribution >= 4 is 28.4 Å². The second kappa shape index (κ2) is 7.66. The van der Waals surface area contributed by atoms with Crippen molar-refractivity contribution in [3.05, 3.63) is 46.5 Å². The summed E-state index contributed by atoms with van der Waals surface area (Å²) in [6.07, 6.45) is 1.25. The second-order valence-corrected chi connectivity index (χ2v) is 8.22. The molecule has 1 fully saturated rings. The van der Waals surface area contributed by atoms with Crippen molar-refractivity contribution < 1.29 is 9.59 Å². The van der Waals surface area contributed by atoms with Gasteiger partial charge in [0.1, 0.15) is 0 Å². The summed E-state index contributed by atoms with van der Waals surface area (Å²) in [6, 6.07) is 9.41. The van der Waals surface area contributed by atoms with Gasteiger partial charge in [-0.05, 0) is 12.6 Å². The maximum Gasteiger partial charge on any atom is 0.321 e. The van der Waals surface area contributed by atoms with Crippen molar-refractivity contribution in [1.29, 1.82) is 0 Å². The summed E-state index contributed by atoms with van der Waals surface area (Å²) in [5.41, 5.74) is 2.17. The van der Waals surface area contributed by atoms with Crippen LogP contribution in [0, 0.1) is 0 Å². The molecule has 3 amide bonds. The first kappa shape index (κ1) is 17.9. The van der Waals surface area contributed by atoms with Crippen molar-refractivity contribution in [2.45, 2.75) is 32.0 Å². The van der Waals surface area contributed by atoms with Gasteiger partial charge in [-0.15, -0.1) is 11.3 Å². The fraction of sp³-hybridized carbons (Fsp3) is 0.421. The quantitative estimate of drug-likeness (QED) is 0.845. The van der Waals surface area contributed by atoms with Crippen LogP contribution >= 0.6 is 11.3 Å². The molecule has 1 atom stereocenters. The number of carbonyl (C=O) groups is 2. The first-order valence-electron chi connectivity index (χ1n) is 9.13. The van der Waals surface area contributed by atoms with E-state index in [9.17, 15) is 9.59 Å². The normalized spacial score (nSPS) is 19.8. The van der Waals surface area contributed by atoms with E-state index in [1.807, 2.05) is 30.3 Å². The van der Waals surface area contributed by atoms with Crippen LogP contribution in [0.2, 0.25) is 0 Å². The Bertz CT molecular complexity index is 838. The summed E-state index contributed by atoms with van der Waals surface area (Å²) in [4.78, 5) is 34.3. The van der Waals surface area contributed by atoms with Gasteiger partial charge in [-0.3, -0.25) is 10.1 Å². The number of hydrogen-bond acceptors (Lipinski definition) is 5. The highest BCUT2D eigenvalue weighted by Crippen LogP contribution is 2.27. The van der Waals surface area contributed by atoms with Crippen LogP contribution in [0.15, 0.2) is 30.3 Å². The lowest BCUT2D eigenvalue weighted by Gasteiger charge is -2.20. The Morgan fingerprint density at radius 1 is 1.33 bits per heavy atom. The molecule has 0 spiro atoms. The number of urea groups is 1. The molecule has 2 aliphatic rings. The predicted octanol–water partition coefficient (Wildman–Crippen LogP) is 2.05. The summed E-state index contributed by atoms with van der Waals surface area (Å²) in [5.74, 6) is 0.0666. The number of nitrogens with zero attached hydrogens (tertiary/aromatic N) is 3. The van der Waals surface area contributed by atoms with Crippen LogP contribution in [0.4, 0.5) is 9.93 Å². The first-order chi connectivity index (χ1) is 13.1. The summed E-state index contributed by atoms with van der Waals surface area (Å²) in [7, 11) is 2.08. The van der Waals surface area contributed by atoms with E-state index in [1.54, 1.807) is 4.90 Å². The number of carbonyl (C=O) groups excluding carboxylic acids is 2. The fourth-order valence-corrected chi connectivity index (χ4v) is 4.60. The number of fused-ring (bicyclic) bond motifs is 1. The SMILES string of the molecule is CN1CCc2nc(NC(=O)NC3CC(=O)N(Cc4ccccc4)C3)sc2C1. The van der Waals surface area contributed by atoms with Crippen molar-refractivity contribution in [1.82, 2.24) is 20.1 Å². The van der Waals surface area contributed by atoms with Crippen LogP contribution < -0.4 is 10.6 Å². The fourth-order valence-electron chi connectivity index (χ4n) is 3.52. The monoisotopic (exact) mass is 385 g/mol. The van der Waals surface area contributed by atoms with Crippen molar-refractivity contribution in [3.63, 3.8) is 0 Å². The smallest absolute Gasteiger partial charge is 0.321 e. The van der Waals surface area contributed by atoms with Gasteiger partial charge in [-0.25, -0.2) is 9.78 Å². The number of thiazole rings is 1. The predicted molar refractivity (Wildman–Crippen MR) is 105 cm³/mol. The Hall–Kier alpha value is -2.45. The Kier molecular flexibility index (Phi) is 5.09. The highest BCUT2D eigenvalue weighted by molar-refractivity contribution is 7.15. The van der Waals surface area contributed by atoms with Crippen LogP contribution in [-0.2, 0) is 24.3 Å². The number of anilines is 1. The van der Waals surface area contributed by atoms with Crippen LogP contribution in [0.25, 0.3) is 0 Å². The van der Waals surface area contributed by atoms with E-state index in [0.29, 0.717) is 24.6 Å². The molecule has 2 aliphatic heterocycles. The third kappa shape index (κ3) is 4.28. The molecule has 1 aromatic heterocycles. The summed E-state index contributed by atoms with van der Waals surface area (Å²) < 4.78 is 0. The Balaban J connectivity index is 1.30. The lowest BCUT2D eigenvalue weighted by atomic mass is 10.2. The van der Waals surface area contributed by atoms with Gasteiger partial charge in [0.15, 0.2) is 5.13 Å². The zero-order chi connectivity index (χ0) is 18.8. The van der Waals surface area contributed by atoms with Crippen LogP contribution in [0.1, 0.15) is 22.6 Å². The summed E-state index contributed by atoms with van der Waals surface area (Å²) >= 11 is 1.53. The number of nitrogens with one attached hydrogen (secondary N) is 2. The molecule has 2 N–H and O–H groups in total. The number of hydrogen-bond donors (Lipinski definition) is 2. The Labute approximate surface area is 162 Å². The minimum Gasteiger partial charge on any atom is -0.336 e. The number of likely N-dealkylation sites (tertiary alicyclic amines) is 1. The maximum atomic E-state index is 12.3. The zero-order valence-electron chi connectivity index (χ0n) is 15.3. The van der Waals surface area contributed by atoms with Gasteiger partial charge < -0.3 is 15.1 Å². The van der Waals surface area contributed by atoms with E-state index < -0.39 is 0 Å². The molecule has 4 rings (SSSR count). The average molecular weight is 385 g/mol. The molecule has 7 nitrogen and oxygen atoms in total. The van der Waals surface area contributed by atoms with E-state index in [0.717, 1.165) is 30.8 Å². The zero-order valence-corrected chi connectivity index (χ0v) is 16.1. The van der Waals surface area contributed by atoms with Gasteiger partial charge >= 0.3 is 6.03 Å². The average Bonchev–Trinajstić information content (AvgIpc) is 3.17. The molecular formula is C19H23N5O2S. The molecule has 27 heavy (non-hydrogen) atoms. The molecule has 0 aliphatic carbocycles. The number of likely N-dealkylation sites (N-methyl/N-ethyl adjacent to an activating group) is 1. The highest BCUT2D eigenvalue weighted by atomic mass is 32.1. The first-order valence-corrected chi connectivity index (χ1v) is 9.95. The Morgan fingerprint density at radius 3 is 2.96 bits per heavy atom. The van der Waals surface area contributed by atoms with Gasteiger partial charge in [-0.2, -0.15) is 0 Å². The topological polar surface area (TPSA) is 77.6 Å². The third-order valence-corrected chi connectivity index (χ3v) is 5.91. The highest BCUT2D eigenvalue weighted by Gasteiger charge is 2.30. The van der Waals surface area contributed by atoms with E-state index in [1.165, 1.54) is 16.2 Å². The van der Waals surface area contributed by atoms with Crippen molar-refractivity contribution in [3.8, 4) is 0 Å². The van der Waals surface area contributed by atoms with E-state index in [2.05, 4.69) is 27.6 Å². The minimum absolute atomic E-state index is 0.0666. The van der Waals surface area contributed by atoms with Gasteiger partial charge in [-0.1, -0.05) is 30.3 Å². The van der Waals surface area contributed by atoms with Crippen molar-refractivity contribution in [2.24, 2.45) is 0 Å². The number of rotatable bonds is 4. The Morgan fingerprint density at radius 2 is 2.15 bits per heavy atom. The van der Waals surface area contributed by atoms with Gasteiger partial charge in [0.25, 0.3) is 0 Å². The molecular weight excluding hydrogens is 362 g/mol. The van der Waals surface area contributed by atoms with Crippen LogP contribution in [-0.4, -0.2) is 52.9 Å². The molecule has 0 radical (unpaired) electrons. The summed E-state index contributed by atoms with van der Waals surface area (Å²) in [5, 5.41) is 6.36. The molecule has 142 valence electrons. The largest absolute Gasteiger partial charge is 0.336 e. The standard InChI is InChI=1S/C19H23N5O2S/c1-23-8-7-15-16(12-23)27-19(21-15)22-18(26)20-14-9-17(25)24(11-14)10-13-5-3-2-4-6-13/h2-6,14H,7-12H2,1H3,(H2,20,21,22,26). The lowest BCUT2D eigenvalue weighted by Crippen LogP contribution is -2.39. The van der Waals surface area contributed by atoms with E-state index in [4.69, 9.17) is 0 Å². The molecule has 1 saturated heterocycles. The van der Waals surface area contributed by atoms with E-state index >= 15 is 0 Å². The lowest BCUT2D eigenvalue weighted by molar-refractivity contribution is -0.128. The van der Waals surface area contributed by atoms with Gasteiger partial charge in [0.2, 0.25) is 5.91 Å². The molecule has 3 heterocycles. The van der Waals surface area contributed by atoms with Crippen LogP contribution in [0.3, 0.4) is 0 Å². The molecule has 0 saturated carbocycles. The van der Waals surface area contributed by atoms with Crippen LogP contribution in [0.5, 0.6) is 0 Å². The molecule has 2 aromatic rings. The third-order valence-electron chi connectivity index (χ3n) is 4.91. The summed E-state index contributed by atoms with van der Waals surface area (Å²) in [6.45, 7) is 2.97. The number of aromatic nitrogens is 1. The van der Waals surface area contributed by atoms with Gasteiger partial charge in [0, 0.05) is 43.9 Å². The molecule has 8 heteroatoms. The maximum absolute atomic E-state index is 12.3. The van der Waals surface area contributed by atoms with Crippen molar-refractivity contribution in [2.75, 3.05) is 25.5 Å². The molecule has 0 bridgehead atoms. The van der Waals surface area contributed by atoms with Gasteiger partial charge in [0.05, 0.1) is 11.7 Å². The second-order valence-electron chi connectivity index (χ2n) is 7.14. The molecule has 1 aromatic carbocycles. The number of benzene rings is 1. The molecule has 1 unspecified atom stereocenters. The number of amides is 3.